The highest BCUT2D eigenvalue weighted by atomic mass is 19.1. The molecule has 6 aliphatic heterocycles. The van der Waals surface area contributed by atoms with Gasteiger partial charge in [0, 0.05) is 102 Å². The molecule has 0 saturated carbocycles. The van der Waals surface area contributed by atoms with E-state index in [4.69, 9.17) is 0 Å². The molecule has 306 valence electrons. The number of Topliss-reactive ketones (excluding diaryl/α,β-unsaturated/α-hetero) is 1. The summed E-state index contributed by atoms with van der Waals surface area (Å²) >= 11 is 0. The van der Waals surface area contributed by atoms with Gasteiger partial charge in [-0.05, 0) is 93.1 Å². The molecule has 2 saturated heterocycles. The lowest BCUT2D eigenvalue weighted by Crippen LogP contribution is -2.49. The van der Waals surface area contributed by atoms with Gasteiger partial charge < -0.3 is 34.5 Å². The summed E-state index contributed by atoms with van der Waals surface area (Å²) in [5, 5.41) is 10.4. The van der Waals surface area contributed by atoms with Crippen LogP contribution in [0.1, 0.15) is 89.1 Å². The maximum absolute atomic E-state index is 13.1. The third kappa shape index (κ3) is 7.62. The molecule has 4 aromatic carbocycles. The van der Waals surface area contributed by atoms with Crippen LogP contribution in [0.5, 0.6) is 0 Å². The summed E-state index contributed by atoms with van der Waals surface area (Å²) in [6.07, 6.45) is 5.19. The van der Waals surface area contributed by atoms with Crippen LogP contribution in [-0.2, 0) is 0 Å². The molecule has 1 N–H and O–H groups in total. The number of rotatable bonds is 10. The first-order chi connectivity index (χ1) is 28.2. The number of aliphatic hydroxyl groups excluding tert-OH is 1. The number of likely N-dealkylation sites (N-methyl/N-ethyl adjacent to an activating group) is 2. The summed E-state index contributed by atoms with van der Waals surface area (Å²) in [6, 6.07) is 29.2. The van der Waals surface area contributed by atoms with Crippen molar-refractivity contribution in [2.75, 3.05) is 99.1 Å². The van der Waals surface area contributed by atoms with E-state index in [0.29, 0.717) is 36.8 Å². The van der Waals surface area contributed by atoms with Gasteiger partial charge >= 0.3 is 0 Å². The van der Waals surface area contributed by atoms with Crippen molar-refractivity contribution >= 4 is 28.5 Å². The van der Waals surface area contributed by atoms with Crippen molar-refractivity contribution in [3.8, 4) is 0 Å². The molecule has 1 unspecified atom stereocenters. The van der Waals surface area contributed by atoms with Crippen LogP contribution >= 0.6 is 0 Å². The Kier molecular flexibility index (Phi) is 11.2. The SMILES string of the molecule is CN1CCN2c3c(cccc31)[C@@H]1CN(CCCC(O)c3ccc(F)cc3)CC[C@@H]12.Cc1ccc(C(=O)CCCN2CC[C@H]3[C@@H](C2)c2cccc4c2N3CCN4C)cc1. The third-order valence-corrected chi connectivity index (χ3v) is 14.2. The summed E-state index contributed by atoms with van der Waals surface area (Å²) in [5.41, 5.74) is 11.7. The van der Waals surface area contributed by atoms with Crippen molar-refractivity contribution in [2.45, 2.75) is 75.5 Å². The number of nitrogens with zero attached hydrogens (tertiary/aromatic N) is 6. The minimum atomic E-state index is -0.511. The number of piperidine rings is 2. The zero-order valence-corrected chi connectivity index (χ0v) is 34.7. The number of fused-ring (bicyclic) bond motifs is 6. The summed E-state index contributed by atoms with van der Waals surface area (Å²) in [6.45, 7) is 13.1. The van der Waals surface area contributed by atoms with E-state index < -0.39 is 6.10 Å². The maximum atomic E-state index is 13.1. The van der Waals surface area contributed by atoms with Crippen molar-refractivity contribution < 1.29 is 14.3 Å². The largest absolute Gasteiger partial charge is 0.388 e. The highest BCUT2D eigenvalue weighted by Crippen LogP contribution is 2.51. The first-order valence-corrected chi connectivity index (χ1v) is 21.9. The summed E-state index contributed by atoms with van der Waals surface area (Å²) < 4.78 is 13.1. The highest BCUT2D eigenvalue weighted by molar-refractivity contribution is 5.96. The molecular formula is C49H61FN6O2. The molecule has 0 spiro atoms. The van der Waals surface area contributed by atoms with Crippen LogP contribution < -0.4 is 19.6 Å². The standard InChI is InChI=1S/C25H31N3O.C24H30FN3O/c1-18-8-10-19(11-9-18)24(29)7-4-13-27-14-12-22-21(17-27)20-5-3-6-23-25(20)28(22)16-15-26(23)2;1-26-14-15-28-21-11-13-27(16-20(21)19-4-2-5-22(26)24(19)28)12-3-6-23(29)17-7-9-18(25)10-8-17/h3,5-6,8-11,21-22H,4,7,12-17H2,1-2H3;2,4-5,7-10,20-21,23,29H,3,6,11-16H2,1H3/t21-,22-;20-,21-,23?/m00/s1. The number of ketones is 1. The van der Waals surface area contributed by atoms with E-state index in [2.05, 4.69) is 86.8 Å². The highest BCUT2D eigenvalue weighted by Gasteiger charge is 2.45. The average Bonchev–Trinajstić information content (AvgIpc) is 3.74. The lowest BCUT2D eigenvalue weighted by atomic mass is 9.89. The molecule has 4 aromatic rings. The molecule has 9 heteroatoms. The van der Waals surface area contributed by atoms with Crippen LogP contribution in [0.4, 0.5) is 27.1 Å². The van der Waals surface area contributed by atoms with Crippen LogP contribution in [0.25, 0.3) is 0 Å². The van der Waals surface area contributed by atoms with Gasteiger partial charge in [-0.2, -0.15) is 0 Å². The molecule has 0 aromatic heterocycles. The smallest absolute Gasteiger partial charge is 0.162 e. The molecule has 58 heavy (non-hydrogen) atoms. The van der Waals surface area contributed by atoms with E-state index in [1.54, 1.807) is 17.7 Å². The molecule has 6 heterocycles. The number of aryl methyl sites for hydroxylation is 1. The molecule has 10 rings (SSSR count). The molecule has 0 bridgehead atoms. The number of halogens is 1. The summed E-state index contributed by atoms with van der Waals surface area (Å²) in [4.78, 5) is 27.8. The molecule has 0 aliphatic carbocycles. The van der Waals surface area contributed by atoms with Gasteiger partial charge in [0.15, 0.2) is 5.78 Å². The molecule has 6 aliphatic rings. The Morgan fingerprint density at radius 3 is 1.78 bits per heavy atom. The summed E-state index contributed by atoms with van der Waals surface area (Å²) in [7, 11) is 4.42. The van der Waals surface area contributed by atoms with E-state index in [0.717, 1.165) is 89.4 Å². The monoisotopic (exact) mass is 784 g/mol. The first-order valence-electron chi connectivity index (χ1n) is 21.9. The molecule has 5 atom stereocenters. The van der Waals surface area contributed by atoms with Gasteiger partial charge in [-0.25, -0.2) is 4.39 Å². The number of carbonyl (C=O) groups excluding carboxylic acids is 1. The minimum absolute atomic E-state index is 0.256. The van der Waals surface area contributed by atoms with Gasteiger partial charge in [0.05, 0.1) is 28.9 Å². The number of likely N-dealkylation sites (tertiary alicyclic amines) is 2. The fraction of sp³-hybridized carbons (Fsp3) is 0.490. The second kappa shape index (κ2) is 16.7. The van der Waals surface area contributed by atoms with Crippen molar-refractivity contribution in [1.82, 2.24) is 9.80 Å². The number of carbonyl (C=O) groups is 1. The number of aliphatic hydroxyl groups is 1. The normalized spacial score (nSPS) is 23.7. The lowest BCUT2D eigenvalue weighted by molar-refractivity contribution is 0.0971. The molecule has 0 amide bonds. The van der Waals surface area contributed by atoms with Crippen molar-refractivity contribution in [1.29, 1.82) is 0 Å². The Hall–Kier alpha value is -4.44. The van der Waals surface area contributed by atoms with Gasteiger partial charge in [-0.15, -0.1) is 0 Å². The van der Waals surface area contributed by atoms with Crippen LogP contribution in [0, 0.1) is 12.7 Å². The Bertz CT molecular complexity index is 2070. The Labute approximate surface area is 344 Å². The number of hydrogen-bond donors (Lipinski definition) is 1. The topological polar surface area (TPSA) is 56.7 Å². The van der Waals surface area contributed by atoms with Crippen LogP contribution in [-0.4, -0.2) is 112 Å². The predicted octanol–water partition coefficient (Wildman–Crippen LogP) is 7.85. The van der Waals surface area contributed by atoms with Gasteiger partial charge in [-0.1, -0.05) is 66.2 Å². The number of para-hydroxylation sites is 2. The van der Waals surface area contributed by atoms with Crippen molar-refractivity contribution in [2.24, 2.45) is 0 Å². The van der Waals surface area contributed by atoms with Gasteiger partial charge in [0.25, 0.3) is 0 Å². The van der Waals surface area contributed by atoms with Gasteiger partial charge in [0.1, 0.15) is 5.82 Å². The zero-order chi connectivity index (χ0) is 39.9. The summed E-state index contributed by atoms with van der Waals surface area (Å²) in [5.74, 6) is 1.22. The van der Waals surface area contributed by atoms with Crippen LogP contribution in [0.15, 0.2) is 84.9 Å². The Morgan fingerprint density at radius 1 is 0.690 bits per heavy atom. The van der Waals surface area contributed by atoms with E-state index in [9.17, 15) is 14.3 Å². The molecule has 8 nitrogen and oxygen atoms in total. The van der Waals surface area contributed by atoms with Crippen LogP contribution in [0.2, 0.25) is 0 Å². The maximum Gasteiger partial charge on any atom is 0.162 e. The number of anilines is 4. The van der Waals surface area contributed by atoms with Gasteiger partial charge in [0.2, 0.25) is 0 Å². The number of benzene rings is 4. The van der Waals surface area contributed by atoms with E-state index >= 15 is 0 Å². The Balaban J connectivity index is 0.000000150. The number of hydrogen-bond acceptors (Lipinski definition) is 8. The average molecular weight is 785 g/mol. The predicted molar refractivity (Wildman–Crippen MR) is 235 cm³/mol. The zero-order valence-electron chi connectivity index (χ0n) is 34.7. The fourth-order valence-electron chi connectivity index (χ4n) is 11.1. The first kappa shape index (κ1) is 39.0. The third-order valence-electron chi connectivity index (χ3n) is 14.2. The fourth-order valence-corrected chi connectivity index (χ4v) is 11.1. The molecule has 0 radical (unpaired) electrons. The second-order valence-corrected chi connectivity index (χ2v) is 17.8. The second-order valence-electron chi connectivity index (χ2n) is 17.8. The van der Waals surface area contributed by atoms with E-state index in [1.165, 1.54) is 58.9 Å². The van der Waals surface area contributed by atoms with E-state index in [1.807, 2.05) is 24.3 Å². The van der Waals surface area contributed by atoms with E-state index in [-0.39, 0.29) is 11.6 Å². The lowest BCUT2D eigenvalue weighted by Gasteiger charge is -2.41. The van der Waals surface area contributed by atoms with Crippen molar-refractivity contribution in [3.63, 3.8) is 0 Å². The van der Waals surface area contributed by atoms with Crippen LogP contribution in [0.3, 0.4) is 0 Å². The van der Waals surface area contributed by atoms with Gasteiger partial charge in [-0.3, -0.25) is 4.79 Å². The molecular weight excluding hydrogens is 724 g/mol. The minimum Gasteiger partial charge on any atom is -0.388 e. The quantitative estimate of drug-likeness (QED) is 0.163. The van der Waals surface area contributed by atoms with Crippen molar-refractivity contribution in [3.05, 3.63) is 119 Å². The molecule has 2 fully saturated rings. The Morgan fingerprint density at radius 2 is 1.22 bits per heavy atom.